The van der Waals surface area contributed by atoms with Crippen LogP contribution in [0.1, 0.15) is 37.1 Å². The molecule has 0 bridgehead atoms. The molecule has 1 aromatic heterocycles. The van der Waals surface area contributed by atoms with Crippen LogP contribution < -0.4 is 10.6 Å². The molecule has 0 spiro atoms. The third kappa shape index (κ3) is 3.99. The molecule has 0 radical (unpaired) electrons. The van der Waals surface area contributed by atoms with Gasteiger partial charge in [-0.1, -0.05) is 12.8 Å². The van der Waals surface area contributed by atoms with Crippen LogP contribution in [0.4, 0.5) is 14.9 Å². The predicted molar refractivity (Wildman–Crippen MR) is 93.4 cm³/mol. The third-order valence-corrected chi connectivity index (χ3v) is 4.56. The number of hydrogen-bond donors (Lipinski definition) is 3. The fourth-order valence-electron chi connectivity index (χ4n) is 3.26. The number of nitrogens with one attached hydrogen (secondary N) is 2. The smallest absolute Gasteiger partial charge is 0.319 e. The van der Waals surface area contributed by atoms with Gasteiger partial charge in [0.1, 0.15) is 5.69 Å². The van der Waals surface area contributed by atoms with Crippen LogP contribution in [0.5, 0.6) is 0 Å². The number of urea groups is 1. The molecule has 1 saturated carbocycles. The summed E-state index contributed by atoms with van der Waals surface area (Å²) in [4.78, 5) is 12.0. The van der Waals surface area contributed by atoms with E-state index in [0.717, 1.165) is 24.2 Å². The number of amides is 2. The van der Waals surface area contributed by atoms with E-state index in [0.29, 0.717) is 24.2 Å². The number of benzene rings is 1. The lowest BCUT2D eigenvalue weighted by Gasteiger charge is -2.22. The molecule has 7 heteroatoms. The Hall–Kier alpha value is -2.41. The SMILES string of the molecule is Cc1cc(C)n(-c2ccc(NC(=O)NCC3(O)CCCC3)cc2F)n1. The maximum absolute atomic E-state index is 14.4. The molecule has 2 aromatic rings. The second-order valence-corrected chi connectivity index (χ2v) is 6.74. The van der Waals surface area contributed by atoms with Crippen molar-refractivity contribution in [3.63, 3.8) is 0 Å². The Morgan fingerprint density at radius 3 is 2.64 bits per heavy atom. The van der Waals surface area contributed by atoms with Crippen molar-refractivity contribution in [3.8, 4) is 5.69 Å². The van der Waals surface area contributed by atoms with E-state index >= 15 is 0 Å². The molecule has 3 N–H and O–H groups in total. The van der Waals surface area contributed by atoms with Crippen LogP contribution in [-0.2, 0) is 0 Å². The minimum absolute atomic E-state index is 0.200. The summed E-state index contributed by atoms with van der Waals surface area (Å²) in [5.74, 6) is -0.474. The topological polar surface area (TPSA) is 79.2 Å². The molecule has 3 rings (SSSR count). The number of nitrogens with zero attached hydrogens (tertiary/aromatic N) is 2. The van der Waals surface area contributed by atoms with Gasteiger partial charge in [0.15, 0.2) is 5.82 Å². The van der Waals surface area contributed by atoms with Crippen LogP contribution in [-0.4, -0.2) is 33.1 Å². The Morgan fingerprint density at radius 1 is 1.32 bits per heavy atom. The largest absolute Gasteiger partial charge is 0.388 e. The molecule has 1 aromatic carbocycles. The van der Waals surface area contributed by atoms with Crippen molar-refractivity contribution in [1.29, 1.82) is 0 Å². The molecule has 1 aliphatic carbocycles. The molecule has 0 unspecified atom stereocenters. The Bertz CT molecular complexity index is 781. The van der Waals surface area contributed by atoms with Crippen molar-refractivity contribution in [2.24, 2.45) is 0 Å². The highest BCUT2D eigenvalue weighted by molar-refractivity contribution is 5.89. The number of carbonyl (C=O) groups is 1. The lowest BCUT2D eigenvalue weighted by atomic mass is 10.0. The molecule has 2 amide bonds. The summed E-state index contributed by atoms with van der Waals surface area (Å²) in [6, 6.07) is 5.87. The van der Waals surface area contributed by atoms with Gasteiger partial charge in [0.2, 0.25) is 0 Å². The van der Waals surface area contributed by atoms with Crippen molar-refractivity contribution in [3.05, 3.63) is 41.5 Å². The zero-order valence-electron chi connectivity index (χ0n) is 14.5. The molecule has 134 valence electrons. The molecule has 0 atom stereocenters. The summed E-state index contributed by atoms with van der Waals surface area (Å²) in [5, 5.41) is 19.7. The standard InChI is InChI=1S/C18H23FN4O2/c1-12-9-13(2)23(22-12)16-6-5-14(10-15(16)19)21-17(24)20-11-18(25)7-3-4-8-18/h5-6,9-10,25H,3-4,7-8,11H2,1-2H3,(H2,20,21,24). The average molecular weight is 346 g/mol. The zero-order chi connectivity index (χ0) is 18.0. The van der Waals surface area contributed by atoms with E-state index in [-0.39, 0.29) is 6.54 Å². The third-order valence-electron chi connectivity index (χ3n) is 4.56. The molecule has 1 fully saturated rings. The lowest BCUT2D eigenvalue weighted by Crippen LogP contribution is -2.42. The summed E-state index contributed by atoms with van der Waals surface area (Å²) < 4.78 is 15.9. The van der Waals surface area contributed by atoms with Gasteiger partial charge in [-0.15, -0.1) is 0 Å². The van der Waals surface area contributed by atoms with Crippen molar-refractivity contribution in [2.45, 2.75) is 45.1 Å². The molecule has 1 aliphatic rings. The van der Waals surface area contributed by atoms with Crippen molar-refractivity contribution < 1.29 is 14.3 Å². The molecule has 25 heavy (non-hydrogen) atoms. The number of rotatable bonds is 4. The van der Waals surface area contributed by atoms with E-state index in [1.165, 1.54) is 10.7 Å². The van der Waals surface area contributed by atoms with Crippen LogP contribution in [0.3, 0.4) is 0 Å². The van der Waals surface area contributed by atoms with Gasteiger partial charge in [0.05, 0.1) is 11.3 Å². The fourth-order valence-corrected chi connectivity index (χ4v) is 3.26. The second kappa shape index (κ2) is 6.84. The first kappa shape index (κ1) is 17.4. The Labute approximate surface area is 146 Å². The van der Waals surface area contributed by atoms with Gasteiger partial charge < -0.3 is 15.7 Å². The van der Waals surface area contributed by atoms with Crippen LogP contribution in [0.25, 0.3) is 5.69 Å². The first-order valence-corrected chi connectivity index (χ1v) is 8.47. The maximum Gasteiger partial charge on any atom is 0.319 e. The monoisotopic (exact) mass is 346 g/mol. The van der Waals surface area contributed by atoms with Gasteiger partial charge >= 0.3 is 6.03 Å². The number of aliphatic hydroxyl groups is 1. The second-order valence-electron chi connectivity index (χ2n) is 6.74. The number of carbonyl (C=O) groups excluding carboxylic acids is 1. The maximum atomic E-state index is 14.4. The van der Waals surface area contributed by atoms with E-state index in [1.807, 2.05) is 19.9 Å². The van der Waals surface area contributed by atoms with Crippen LogP contribution in [0.15, 0.2) is 24.3 Å². The molecule has 1 heterocycles. The first-order valence-electron chi connectivity index (χ1n) is 8.47. The van der Waals surface area contributed by atoms with E-state index in [9.17, 15) is 14.3 Å². The van der Waals surface area contributed by atoms with Crippen LogP contribution in [0, 0.1) is 19.7 Å². The average Bonchev–Trinajstić information content (AvgIpc) is 3.12. The normalized spacial score (nSPS) is 16.0. The van der Waals surface area contributed by atoms with Gasteiger partial charge in [-0.2, -0.15) is 5.10 Å². The first-order chi connectivity index (χ1) is 11.9. The predicted octanol–water partition coefficient (Wildman–Crippen LogP) is 3.05. The molecule has 6 nitrogen and oxygen atoms in total. The summed E-state index contributed by atoms with van der Waals surface area (Å²) in [7, 11) is 0. The van der Waals surface area contributed by atoms with E-state index < -0.39 is 17.4 Å². The highest BCUT2D eigenvalue weighted by Crippen LogP contribution is 2.28. The Balaban J connectivity index is 1.64. The van der Waals surface area contributed by atoms with Crippen LogP contribution in [0.2, 0.25) is 0 Å². The van der Waals surface area contributed by atoms with Gasteiger partial charge in [-0.05, 0) is 51.0 Å². The van der Waals surface area contributed by atoms with Crippen molar-refractivity contribution in [1.82, 2.24) is 15.1 Å². The van der Waals surface area contributed by atoms with Gasteiger partial charge in [-0.3, -0.25) is 0 Å². The number of aryl methyl sites for hydroxylation is 2. The number of halogens is 1. The summed E-state index contributed by atoms with van der Waals surface area (Å²) >= 11 is 0. The quantitative estimate of drug-likeness (QED) is 0.796. The van der Waals surface area contributed by atoms with Crippen LogP contribution >= 0.6 is 0 Å². The molecule has 0 aliphatic heterocycles. The van der Waals surface area contributed by atoms with Gasteiger partial charge in [0.25, 0.3) is 0 Å². The number of aromatic nitrogens is 2. The zero-order valence-corrected chi connectivity index (χ0v) is 14.5. The number of anilines is 1. The van der Waals surface area contributed by atoms with Crippen molar-refractivity contribution >= 4 is 11.7 Å². The minimum Gasteiger partial charge on any atom is -0.388 e. The fraction of sp³-hybridized carbons (Fsp3) is 0.444. The van der Waals surface area contributed by atoms with E-state index in [1.54, 1.807) is 12.1 Å². The minimum atomic E-state index is -0.818. The highest BCUT2D eigenvalue weighted by atomic mass is 19.1. The Kier molecular flexibility index (Phi) is 4.76. The molecular weight excluding hydrogens is 323 g/mol. The molecule has 0 saturated heterocycles. The summed E-state index contributed by atoms with van der Waals surface area (Å²) in [6.07, 6.45) is 3.33. The van der Waals surface area contributed by atoms with Crippen molar-refractivity contribution in [2.75, 3.05) is 11.9 Å². The summed E-state index contributed by atoms with van der Waals surface area (Å²) in [6.45, 7) is 3.90. The van der Waals surface area contributed by atoms with Gasteiger partial charge in [-0.25, -0.2) is 13.9 Å². The summed E-state index contributed by atoms with van der Waals surface area (Å²) in [5.41, 5.74) is 1.50. The Morgan fingerprint density at radius 2 is 2.04 bits per heavy atom. The van der Waals surface area contributed by atoms with E-state index in [4.69, 9.17) is 0 Å². The lowest BCUT2D eigenvalue weighted by molar-refractivity contribution is 0.0506. The highest BCUT2D eigenvalue weighted by Gasteiger charge is 2.31. The van der Waals surface area contributed by atoms with E-state index in [2.05, 4.69) is 15.7 Å². The van der Waals surface area contributed by atoms with Gasteiger partial charge in [0, 0.05) is 17.9 Å². The molecular formula is C18H23FN4O2. The number of hydrogen-bond acceptors (Lipinski definition) is 3.